The fourth-order valence-electron chi connectivity index (χ4n) is 2.30. The first kappa shape index (κ1) is 13.1. The molecule has 3 nitrogen and oxygen atoms in total. The average molecular weight is 245 g/mol. The summed E-state index contributed by atoms with van der Waals surface area (Å²) in [6.45, 7) is 8.84. The van der Waals surface area contributed by atoms with Crippen molar-refractivity contribution in [3.05, 3.63) is 30.1 Å². The molecule has 0 radical (unpaired) electrons. The molecule has 1 N–H and O–H groups in total. The monoisotopic (exact) mass is 245 g/mol. The summed E-state index contributed by atoms with van der Waals surface area (Å²) >= 11 is 0. The Labute approximate surface area is 109 Å². The fraction of sp³-hybridized carbons (Fsp3) is 0.533. The van der Waals surface area contributed by atoms with Gasteiger partial charge in [0.1, 0.15) is 5.82 Å². The van der Waals surface area contributed by atoms with E-state index in [4.69, 9.17) is 4.98 Å². The van der Waals surface area contributed by atoms with Crippen LogP contribution in [-0.2, 0) is 7.05 Å². The van der Waals surface area contributed by atoms with E-state index in [0.29, 0.717) is 0 Å². The van der Waals surface area contributed by atoms with E-state index in [1.54, 1.807) is 0 Å². The first-order valence-electron chi connectivity index (χ1n) is 6.63. The molecular formula is C15H23N3. The summed E-state index contributed by atoms with van der Waals surface area (Å²) in [5.41, 5.74) is 2.39. The highest BCUT2D eigenvalue weighted by molar-refractivity contribution is 5.75. The number of rotatable bonds is 4. The van der Waals surface area contributed by atoms with Crippen LogP contribution in [0.15, 0.2) is 24.3 Å². The zero-order chi connectivity index (χ0) is 13.3. The molecule has 0 aliphatic rings. The molecule has 0 saturated heterocycles. The predicted molar refractivity (Wildman–Crippen MR) is 76.6 cm³/mol. The number of hydrogen-bond acceptors (Lipinski definition) is 2. The van der Waals surface area contributed by atoms with Crippen molar-refractivity contribution in [1.29, 1.82) is 0 Å². The van der Waals surface area contributed by atoms with Gasteiger partial charge < -0.3 is 9.88 Å². The Kier molecular flexibility index (Phi) is 3.44. The normalized spacial score (nSPS) is 14.1. The van der Waals surface area contributed by atoms with Crippen LogP contribution in [0, 0.1) is 0 Å². The number of hydrogen-bond donors (Lipinski definition) is 1. The van der Waals surface area contributed by atoms with Crippen molar-refractivity contribution in [2.45, 2.75) is 45.7 Å². The highest BCUT2D eigenvalue weighted by atomic mass is 15.1. The molecule has 2 aromatic rings. The van der Waals surface area contributed by atoms with E-state index in [9.17, 15) is 0 Å². The van der Waals surface area contributed by atoms with Crippen molar-refractivity contribution in [1.82, 2.24) is 14.9 Å². The standard InChI is InChI=1S/C15H23N3/c1-6-15(3,4)17-11(2)14-16-12-9-7-8-10-13(12)18(14)5/h7-11,17H,6H2,1-5H3. The van der Waals surface area contributed by atoms with Gasteiger partial charge in [-0.2, -0.15) is 0 Å². The second-order valence-corrected chi connectivity index (χ2v) is 5.62. The number of nitrogens with zero attached hydrogens (tertiary/aromatic N) is 2. The molecule has 0 amide bonds. The van der Waals surface area contributed by atoms with Crippen LogP contribution >= 0.6 is 0 Å². The van der Waals surface area contributed by atoms with Crippen LogP contribution in [0.3, 0.4) is 0 Å². The number of aromatic nitrogens is 2. The van der Waals surface area contributed by atoms with Crippen LogP contribution in [-0.4, -0.2) is 15.1 Å². The topological polar surface area (TPSA) is 29.9 Å². The van der Waals surface area contributed by atoms with Gasteiger partial charge in [0.2, 0.25) is 0 Å². The van der Waals surface area contributed by atoms with Gasteiger partial charge in [0.05, 0.1) is 17.1 Å². The van der Waals surface area contributed by atoms with Gasteiger partial charge in [0.15, 0.2) is 0 Å². The van der Waals surface area contributed by atoms with Gasteiger partial charge in [-0.15, -0.1) is 0 Å². The van der Waals surface area contributed by atoms with E-state index in [1.807, 2.05) is 6.07 Å². The number of nitrogens with one attached hydrogen (secondary N) is 1. The maximum atomic E-state index is 4.73. The Morgan fingerprint density at radius 2 is 2.00 bits per heavy atom. The number of para-hydroxylation sites is 2. The lowest BCUT2D eigenvalue weighted by atomic mass is 10.0. The minimum Gasteiger partial charge on any atom is -0.330 e. The summed E-state index contributed by atoms with van der Waals surface area (Å²) in [6, 6.07) is 8.52. The van der Waals surface area contributed by atoms with Crippen molar-refractivity contribution in [2.24, 2.45) is 7.05 Å². The Bertz CT molecular complexity index is 540. The van der Waals surface area contributed by atoms with Gasteiger partial charge in [-0.25, -0.2) is 4.98 Å². The summed E-state index contributed by atoms with van der Waals surface area (Å²) in [5, 5.41) is 3.64. The van der Waals surface area contributed by atoms with Crippen LogP contribution in [0.25, 0.3) is 11.0 Å². The Balaban J connectivity index is 2.33. The van der Waals surface area contributed by atoms with Crippen LogP contribution in [0.4, 0.5) is 0 Å². The smallest absolute Gasteiger partial charge is 0.126 e. The molecule has 1 aromatic carbocycles. The molecule has 0 fully saturated rings. The minimum atomic E-state index is 0.136. The summed E-state index contributed by atoms with van der Waals surface area (Å²) in [4.78, 5) is 4.73. The molecule has 98 valence electrons. The van der Waals surface area contributed by atoms with Gasteiger partial charge >= 0.3 is 0 Å². The van der Waals surface area contributed by atoms with Gasteiger partial charge in [-0.1, -0.05) is 19.1 Å². The third-order valence-corrected chi connectivity index (χ3v) is 3.70. The first-order chi connectivity index (χ1) is 8.44. The number of aryl methyl sites for hydroxylation is 1. The molecule has 1 aromatic heterocycles. The minimum absolute atomic E-state index is 0.136. The maximum Gasteiger partial charge on any atom is 0.126 e. The lowest BCUT2D eigenvalue weighted by molar-refractivity contribution is 0.328. The van der Waals surface area contributed by atoms with Crippen molar-refractivity contribution < 1.29 is 0 Å². The molecule has 0 saturated carbocycles. The van der Waals surface area contributed by atoms with E-state index in [1.165, 1.54) is 5.52 Å². The second-order valence-electron chi connectivity index (χ2n) is 5.62. The van der Waals surface area contributed by atoms with Gasteiger partial charge in [-0.05, 0) is 39.3 Å². The Morgan fingerprint density at radius 3 is 2.61 bits per heavy atom. The number of imidazole rings is 1. The average Bonchev–Trinajstić information content (AvgIpc) is 2.67. The highest BCUT2D eigenvalue weighted by Crippen LogP contribution is 2.21. The molecule has 0 aliphatic carbocycles. The molecule has 1 unspecified atom stereocenters. The molecular weight excluding hydrogens is 222 g/mol. The van der Waals surface area contributed by atoms with E-state index in [2.05, 4.69) is 62.8 Å². The highest BCUT2D eigenvalue weighted by Gasteiger charge is 2.21. The fourth-order valence-corrected chi connectivity index (χ4v) is 2.30. The maximum absolute atomic E-state index is 4.73. The predicted octanol–water partition coefficient (Wildman–Crippen LogP) is 3.41. The lowest BCUT2D eigenvalue weighted by Gasteiger charge is -2.28. The molecule has 1 atom stereocenters. The molecule has 1 heterocycles. The quantitative estimate of drug-likeness (QED) is 0.894. The van der Waals surface area contributed by atoms with Crippen LogP contribution in [0.2, 0.25) is 0 Å². The summed E-state index contributed by atoms with van der Waals surface area (Å²) < 4.78 is 2.18. The van der Waals surface area contributed by atoms with Gasteiger partial charge in [-0.3, -0.25) is 0 Å². The van der Waals surface area contributed by atoms with Crippen LogP contribution < -0.4 is 5.32 Å². The SMILES string of the molecule is CCC(C)(C)NC(C)c1nc2ccccc2n1C. The van der Waals surface area contributed by atoms with Crippen molar-refractivity contribution in [3.63, 3.8) is 0 Å². The van der Waals surface area contributed by atoms with Crippen molar-refractivity contribution >= 4 is 11.0 Å². The summed E-state index contributed by atoms with van der Waals surface area (Å²) in [6.07, 6.45) is 1.10. The van der Waals surface area contributed by atoms with E-state index in [-0.39, 0.29) is 11.6 Å². The van der Waals surface area contributed by atoms with E-state index < -0.39 is 0 Å². The molecule has 2 rings (SSSR count). The molecule has 18 heavy (non-hydrogen) atoms. The zero-order valence-electron chi connectivity index (χ0n) is 12.0. The first-order valence-corrected chi connectivity index (χ1v) is 6.63. The van der Waals surface area contributed by atoms with Gasteiger partial charge in [0.25, 0.3) is 0 Å². The summed E-state index contributed by atoms with van der Waals surface area (Å²) in [5.74, 6) is 1.10. The third-order valence-electron chi connectivity index (χ3n) is 3.70. The molecule has 0 spiro atoms. The Hall–Kier alpha value is -1.35. The van der Waals surface area contributed by atoms with Crippen LogP contribution in [0.1, 0.15) is 46.0 Å². The molecule has 0 aliphatic heterocycles. The second kappa shape index (κ2) is 4.73. The van der Waals surface area contributed by atoms with Crippen molar-refractivity contribution in [2.75, 3.05) is 0 Å². The van der Waals surface area contributed by atoms with Crippen LogP contribution in [0.5, 0.6) is 0 Å². The third kappa shape index (κ3) is 2.41. The molecule has 3 heteroatoms. The molecule has 0 bridgehead atoms. The van der Waals surface area contributed by atoms with Gasteiger partial charge in [0, 0.05) is 12.6 Å². The van der Waals surface area contributed by atoms with E-state index >= 15 is 0 Å². The zero-order valence-corrected chi connectivity index (χ0v) is 12.0. The number of fused-ring (bicyclic) bond motifs is 1. The lowest BCUT2D eigenvalue weighted by Crippen LogP contribution is -2.40. The van der Waals surface area contributed by atoms with Crippen molar-refractivity contribution in [3.8, 4) is 0 Å². The largest absolute Gasteiger partial charge is 0.330 e. The summed E-state index contributed by atoms with van der Waals surface area (Å²) in [7, 11) is 2.09. The number of benzene rings is 1. The van der Waals surface area contributed by atoms with E-state index in [0.717, 1.165) is 17.8 Å². The Morgan fingerprint density at radius 1 is 1.33 bits per heavy atom.